The van der Waals surface area contributed by atoms with E-state index in [-0.39, 0.29) is 11.6 Å². The minimum atomic E-state index is -0.441. The van der Waals surface area contributed by atoms with Gasteiger partial charge in [-0.3, -0.25) is 19.8 Å². The number of amides is 1. The van der Waals surface area contributed by atoms with Crippen LogP contribution in [0.4, 0.5) is 11.4 Å². The summed E-state index contributed by atoms with van der Waals surface area (Å²) in [6.45, 7) is 10.3. The Balaban J connectivity index is 3.12. The number of nitro benzene ring substituents is 1. The van der Waals surface area contributed by atoms with E-state index < -0.39 is 4.92 Å². The Morgan fingerprint density at radius 3 is 2.24 bits per heavy atom. The fourth-order valence-corrected chi connectivity index (χ4v) is 2.32. The molecule has 6 nitrogen and oxygen atoms in total. The van der Waals surface area contributed by atoms with Gasteiger partial charge in [0.2, 0.25) is 5.91 Å². The van der Waals surface area contributed by atoms with Gasteiger partial charge < -0.3 is 5.32 Å². The largest absolute Gasteiger partial charge is 0.326 e. The summed E-state index contributed by atoms with van der Waals surface area (Å²) in [6.07, 6.45) is 0. The summed E-state index contributed by atoms with van der Waals surface area (Å²) in [4.78, 5) is 24.0. The van der Waals surface area contributed by atoms with Gasteiger partial charge >= 0.3 is 0 Å². The van der Waals surface area contributed by atoms with Crippen LogP contribution in [-0.4, -0.2) is 27.8 Å². The second-order valence-corrected chi connectivity index (χ2v) is 5.69. The summed E-state index contributed by atoms with van der Waals surface area (Å²) in [5, 5.41) is 13.6. The molecule has 1 aromatic rings. The zero-order valence-corrected chi connectivity index (χ0v) is 13.2. The lowest BCUT2D eigenvalue weighted by molar-refractivity contribution is -0.384. The maximum absolute atomic E-state index is 11.2. The molecule has 0 atom stereocenters. The van der Waals surface area contributed by atoms with Crippen molar-refractivity contribution in [2.75, 3.05) is 5.32 Å². The predicted molar refractivity (Wildman–Crippen MR) is 83.2 cm³/mol. The first kappa shape index (κ1) is 17.1. The number of hydrogen-bond acceptors (Lipinski definition) is 4. The SMILES string of the molecule is CC(=O)Nc1cc(CN(C(C)C)C(C)C)cc([N+](=O)[O-])c1. The molecule has 1 N–H and O–H groups in total. The number of carbonyl (C=O) groups excluding carboxylic acids is 1. The van der Waals surface area contributed by atoms with Crippen molar-refractivity contribution in [3.05, 3.63) is 33.9 Å². The topological polar surface area (TPSA) is 75.5 Å². The van der Waals surface area contributed by atoms with E-state index in [0.717, 1.165) is 5.56 Å². The third-order valence-electron chi connectivity index (χ3n) is 3.20. The number of nitrogens with zero attached hydrogens (tertiary/aromatic N) is 2. The molecule has 0 aliphatic rings. The summed E-state index contributed by atoms with van der Waals surface area (Å²) < 4.78 is 0. The second-order valence-electron chi connectivity index (χ2n) is 5.69. The first-order valence-corrected chi connectivity index (χ1v) is 7.02. The average molecular weight is 293 g/mol. The lowest BCUT2D eigenvalue weighted by Crippen LogP contribution is -2.36. The number of benzene rings is 1. The fraction of sp³-hybridized carbons (Fsp3) is 0.533. The van der Waals surface area contributed by atoms with Crippen LogP contribution in [0.3, 0.4) is 0 Å². The summed E-state index contributed by atoms with van der Waals surface area (Å²) in [7, 11) is 0. The Morgan fingerprint density at radius 1 is 1.24 bits per heavy atom. The Morgan fingerprint density at radius 2 is 1.81 bits per heavy atom. The number of nitrogens with one attached hydrogen (secondary N) is 1. The van der Waals surface area contributed by atoms with Crippen molar-refractivity contribution in [2.45, 2.75) is 53.2 Å². The zero-order valence-electron chi connectivity index (χ0n) is 13.2. The van der Waals surface area contributed by atoms with E-state index in [1.165, 1.54) is 13.0 Å². The molecule has 1 aromatic carbocycles. The molecule has 0 radical (unpaired) electrons. The van der Waals surface area contributed by atoms with E-state index in [0.29, 0.717) is 24.3 Å². The molecular formula is C15H23N3O3. The quantitative estimate of drug-likeness (QED) is 0.645. The molecule has 0 bridgehead atoms. The van der Waals surface area contributed by atoms with Crippen LogP contribution in [0.25, 0.3) is 0 Å². The molecule has 0 aliphatic heterocycles. The van der Waals surface area contributed by atoms with E-state index in [9.17, 15) is 14.9 Å². The molecule has 0 aliphatic carbocycles. The van der Waals surface area contributed by atoms with Crippen molar-refractivity contribution in [3.63, 3.8) is 0 Å². The van der Waals surface area contributed by atoms with Gasteiger partial charge in [-0.05, 0) is 39.3 Å². The van der Waals surface area contributed by atoms with E-state index in [2.05, 4.69) is 37.9 Å². The van der Waals surface area contributed by atoms with Crippen molar-refractivity contribution < 1.29 is 9.72 Å². The smallest absolute Gasteiger partial charge is 0.271 e. The van der Waals surface area contributed by atoms with Crippen molar-refractivity contribution in [3.8, 4) is 0 Å². The minimum absolute atomic E-state index is 0.0105. The number of anilines is 1. The van der Waals surface area contributed by atoms with E-state index in [4.69, 9.17) is 0 Å². The fourth-order valence-electron chi connectivity index (χ4n) is 2.32. The molecule has 0 heterocycles. The van der Waals surface area contributed by atoms with Gasteiger partial charge in [0.1, 0.15) is 0 Å². The highest BCUT2D eigenvalue weighted by molar-refractivity contribution is 5.89. The van der Waals surface area contributed by atoms with Crippen LogP contribution < -0.4 is 5.32 Å². The average Bonchev–Trinajstić information content (AvgIpc) is 2.33. The maximum atomic E-state index is 11.2. The Kier molecular flexibility index (Phi) is 5.84. The van der Waals surface area contributed by atoms with Crippen LogP contribution in [0.1, 0.15) is 40.2 Å². The Labute approximate surface area is 125 Å². The normalized spacial score (nSPS) is 11.2. The van der Waals surface area contributed by atoms with Gasteiger partial charge in [0.15, 0.2) is 0 Å². The van der Waals surface area contributed by atoms with Crippen LogP contribution in [-0.2, 0) is 11.3 Å². The van der Waals surface area contributed by atoms with E-state index in [1.54, 1.807) is 12.1 Å². The molecule has 21 heavy (non-hydrogen) atoms. The minimum Gasteiger partial charge on any atom is -0.326 e. The van der Waals surface area contributed by atoms with Crippen molar-refractivity contribution in [2.24, 2.45) is 0 Å². The molecule has 0 fully saturated rings. The molecule has 0 aromatic heterocycles. The molecule has 1 amide bonds. The van der Waals surface area contributed by atoms with Crippen LogP contribution in [0, 0.1) is 10.1 Å². The van der Waals surface area contributed by atoms with Gasteiger partial charge in [0, 0.05) is 43.4 Å². The van der Waals surface area contributed by atoms with Crippen molar-refractivity contribution in [1.29, 1.82) is 0 Å². The summed E-state index contributed by atoms with van der Waals surface area (Å²) >= 11 is 0. The lowest BCUT2D eigenvalue weighted by atomic mass is 10.1. The van der Waals surface area contributed by atoms with Crippen LogP contribution in [0.15, 0.2) is 18.2 Å². The number of hydrogen-bond donors (Lipinski definition) is 1. The monoisotopic (exact) mass is 293 g/mol. The number of nitro groups is 1. The van der Waals surface area contributed by atoms with Crippen LogP contribution in [0.2, 0.25) is 0 Å². The number of carbonyl (C=O) groups is 1. The predicted octanol–water partition coefficient (Wildman–Crippen LogP) is 3.17. The molecule has 0 saturated carbocycles. The molecule has 116 valence electrons. The molecule has 0 saturated heterocycles. The van der Waals surface area contributed by atoms with Gasteiger partial charge in [-0.25, -0.2) is 0 Å². The third kappa shape index (κ3) is 5.15. The highest BCUT2D eigenvalue weighted by atomic mass is 16.6. The Hall–Kier alpha value is -1.95. The summed E-state index contributed by atoms with van der Waals surface area (Å²) in [5.41, 5.74) is 1.26. The van der Waals surface area contributed by atoms with E-state index in [1.807, 2.05) is 0 Å². The molecule has 1 rings (SSSR count). The Bertz CT molecular complexity index is 519. The van der Waals surface area contributed by atoms with Gasteiger partial charge in [-0.2, -0.15) is 0 Å². The van der Waals surface area contributed by atoms with Gasteiger partial charge in [-0.1, -0.05) is 0 Å². The van der Waals surface area contributed by atoms with Crippen molar-refractivity contribution >= 4 is 17.3 Å². The standard InChI is InChI=1S/C15H23N3O3/c1-10(2)17(11(3)4)9-13-6-14(16-12(5)19)8-15(7-13)18(20)21/h6-8,10-11H,9H2,1-5H3,(H,16,19). The number of rotatable bonds is 6. The zero-order chi connectivity index (χ0) is 16.2. The number of non-ortho nitro benzene ring substituents is 1. The first-order chi connectivity index (χ1) is 9.70. The third-order valence-corrected chi connectivity index (χ3v) is 3.20. The van der Waals surface area contributed by atoms with Gasteiger partial charge in [0.05, 0.1) is 4.92 Å². The summed E-state index contributed by atoms with van der Waals surface area (Å²) in [5.74, 6) is -0.244. The molecule has 0 unspecified atom stereocenters. The van der Waals surface area contributed by atoms with Gasteiger partial charge in [0.25, 0.3) is 5.69 Å². The summed E-state index contributed by atoms with van der Waals surface area (Å²) in [6, 6.07) is 5.37. The van der Waals surface area contributed by atoms with Gasteiger partial charge in [-0.15, -0.1) is 0 Å². The molecular weight excluding hydrogens is 270 g/mol. The van der Waals surface area contributed by atoms with E-state index >= 15 is 0 Å². The molecule has 0 spiro atoms. The second kappa shape index (κ2) is 7.17. The highest BCUT2D eigenvalue weighted by Gasteiger charge is 2.17. The van der Waals surface area contributed by atoms with Crippen molar-refractivity contribution in [1.82, 2.24) is 4.90 Å². The van der Waals surface area contributed by atoms with Crippen LogP contribution >= 0.6 is 0 Å². The molecule has 6 heteroatoms. The van der Waals surface area contributed by atoms with Crippen LogP contribution in [0.5, 0.6) is 0 Å². The highest BCUT2D eigenvalue weighted by Crippen LogP contribution is 2.23. The maximum Gasteiger partial charge on any atom is 0.271 e. The lowest BCUT2D eigenvalue weighted by Gasteiger charge is -2.30. The first-order valence-electron chi connectivity index (χ1n) is 7.02.